The van der Waals surface area contributed by atoms with Crippen LogP contribution in [0.4, 0.5) is 0 Å². The molecule has 4 nitrogen and oxygen atoms in total. The van der Waals surface area contributed by atoms with Gasteiger partial charge in [-0.15, -0.1) is 0 Å². The number of nitrogens with one attached hydrogen (secondary N) is 1. The molecule has 1 aliphatic rings. The first-order valence-electron chi connectivity index (χ1n) is 6.08. The number of ketones is 1. The first-order valence-corrected chi connectivity index (χ1v) is 6.08. The van der Waals surface area contributed by atoms with Gasteiger partial charge in [0.2, 0.25) is 0 Å². The maximum Gasteiger partial charge on any atom is 0.179 e. The molecule has 0 aromatic carbocycles. The highest BCUT2D eigenvalue weighted by Gasteiger charge is 2.16. The fourth-order valence-electron chi connectivity index (χ4n) is 2.15. The van der Waals surface area contributed by atoms with Crippen molar-refractivity contribution in [1.82, 2.24) is 15.1 Å². The molecule has 1 aliphatic carbocycles. The summed E-state index contributed by atoms with van der Waals surface area (Å²) in [7, 11) is 0. The van der Waals surface area contributed by atoms with Crippen molar-refractivity contribution < 1.29 is 4.79 Å². The smallest absolute Gasteiger partial charge is 0.179 e. The minimum Gasteiger partial charge on any atom is -0.307 e. The van der Waals surface area contributed by atoms with Gasteiger partial charge in [-0.1, -0.05) is 12.8 Å². The van der Waals surface area contributed by atoms with E-state index in [1.807, 2.05) is 13.1 Å². The molecule has 0 radical (unpaired) electrons. The fourth-order valence-corrected chi connectivity index (χ4v) is 2.15. The second kappa shape index (κ2) is 5.25. The van der Waals surface area contributed by atoms with Gasteiger partial charge in [0.15, 0.2) is 5.78 Å². The summed E-state index contributed by atoms with van der Waals surface area (Å²) < 4.78 is 1.78. The highest BCUT2D eigenvalue weighted by molar-refractivity contribution is 5.97. The van der Waals surface area contributed by atoms with E-state index < -0.39 is 0 Å². The lowest BCUT2D eigenvalue weighted by molar-refractivity contribution is 0.0987. The molecule has 0 bridgehead atoms. The summed E-state index contributed by atoms with van der Waals surface area (Å²) in [6, 6.07) is 0.546. The van der Waals surface area contributed by atoms with Gasteiger partial charge in [0.05, 0.1) is 18.3 Å². The number of aromatic nitrogens is 2. The number of hydrogen-bond donors (Lipinski definition) is 1. The fraction of sp³-hybridized carbons (Fsp3) is 0.667. The van der Waals surface area contributed by atoms with Crippen molar-refractivity contribution in [1.29, 1.82) is 0 Å². The highest BCUT2D eigenvalue weighted by Crippen LogP contribution is 2.17. The number of hydrogen-bond acceptors (Lipinski definition) is 3. The minimum atomic E-state index is 0.145. The maximum atomic E-state index is 11.8. The van der Waals surface area contributed by atoms with Crippen molar-refractivity contribution in [2.75, 3.05) is 6.54 Å². The third kappa shape index (κ3) is 2.70. The predicted octanol–water partition coefficient (Wildman–Crippen LogP) is 1.62. The Balaban J connectivity index is 1.82. The molecule has 1 fully saturated rings. The van der Waals surface area contributed by atoms with Gasteiger partial charge >= 0.3 is 0 Å². The van der Waals surface area contributed by atoms with Crippen molar-refractivity contribution in [2.45, 2.75) is 45.2 Å². The van der Waals surface area contributed by atoms with Crippen molar-refractivity contribution in [3.05, 3.63) is 18.0 Å². The Labute approximate surface area is 96.0 Å². The third-order valence-corrected chi connectivity index (χ3v) is 3.19. The Morgan fingerprint density at radius 1 is 1.56 bits per heavy atom. The number of Topliss-reactive ketones (excluding diaryl/α,β-unsaturated/α-hetero) is 1. The second-order valence-electron chi connectivity index (χ2n) is 4.37. The number of nitrogens with zero attached hydrogens (tertiary/aromatic N) is 2. The van der Waals surface area contributed by atoms with Crippen molar-refractivity contribution in [3.8, 4) is 0 Å². The Morgan fingerprint density at radius 3 is 2.94 bits per heavy atom. The Kier molecular flexibility index (Phi) is 3.72. The summed E-state index contributed by atoms with van der Waals surface area (Å²) in [5.74, 6) is 0.145. The van der Waals surface area contributed by atoms with Gasteiger partial charge in [0.25, 0.3) is 0 Å². The van der Waals surface area contributed by atoms with Crippen LogP contribution in [-0.2, 0) is 6.54 Å². The lowest BCUT2D eigenvalue weighted by Gasteiger charge is -2.09. The van der Waals surface area contributed by atoms with Crippen LogP contribution in [0.1, 0.15) is 43.0 Å². The van der Waals surface area contributed by atoms with Gasteiger partial charge in [0, 0.05) is 18.8 Å². The van der Waals surface area contributed by atoms with Gasteiger partial charge in [-0.3, -0.25) is 9.48 Å². The van der Waals surface area contributed by atoms with Crippen LogP contribution in [0.5, 0.6) is 0 Å². The lowest BCUT2D eigenvalue weighted by Crippen LogP contribution is -2.31. The molecule has 4 heteroatoms. The largest absolute Gasteiger partial charge is 0.307 e. The average Bonchev–Trinajstić information content (AvgIpc) is 2.96. The zero-order valence-corrected chi connectivity index (χ0v) is 9.78. The van der Waals surface area contributed by atoms with Crippen LogP contribution >= 0.6 is 0 Å². The summed E-state index contributed by atoms with van der Waals surface area (Å²) in [5, 5.41) is 7.42. The van der Waals surface area contributed by atoms with Gasteiger partial charge in [-0.2, -0.15) is 5.10 Å². The minimum absolute atomic E-state index is 0.145. The van der Waals surface area contributed by atoms with Gasteiger partial charge in [0.1, 0.15) is 0 Å². The summed E-state index contributed by atoms with van der Waals surface area (Å²) in [5.41, 5.74) is 0.715. The molecule has 16 heavy (non-hydrogen) atoms. The molecule has 1 heterocycles. The van der Waals surface area contributed by atoms with Gasteiger partial charge in [-0.05, 0) is 19.8 Å². The number of rotatable bonds is 5. The molecular formula is C12H19N3O. The van der Waals surface area contributed by atoms with E-state index >= 15 is 0 Å². The molecule has 0 unspecified atom stereocenters. The summed E-state index contributed by atoms with van der Waals surface area (Å²) in [6.45, 7) is 3.27. The topological polar surface area (TPSA) is 46.9 Å². The standard InChI is InChI=1S/C12H19N3O/c1-2-15-9-10(7-14-15)12(16)8-13-11-5-3-4-6-11/h7,9,11,13H,2-6,8H2,1H3. The summed E-state index contributed by atoms with van der Waals surface area (Å²) in [6.07, 6.45) is 8.48. The Morgan fingerprint density at radius 2 is 2.31 bits per heavy atom. The summed E-state index contributed by atoms with van der Waals surface area (Å²) >= 11 is 0. The van der Waals surface area contributed by atoms with Crippen molar-refractivity contribution >= 4 is 5.78 Å². The van der Waals surface area contributed by atoms with E-state index in [-0.39, 0.29) is 5.78 Å². The van der Waals surface area contributed by atoms with Gasteiger partial charge in [-0.25, -0.2) is 0 Å². The SMILES string of the molecule is CCn1cc(C(=O)CNC2CCCC2)cn1. The van der Waals surface area contributed by atoms with E-state index in [2.05, 4.69) is 10.4 Å². The molecule has 0 aliphatic heterocycles. The van der Waals surface area contributed by atoms with E-state index in [0.29, 0.717) is 18.2 Å². The Hall–Kier alpha value is -1.16. The van der Waals surface area contributed by atoms with Gasteiger partial charge < -0.3 is 5.32 Å². The van der Waals surface area contributed by atoms with E-state index in [0.717, 1.165) is 6.54 Å². The van der Waals surface area contributed by atoms with Crippen LogP contribution < -0.4 is 5.32 Å². The van der Waals surface area contributed by atoms with E-state index in [1.165, 1.54) is 25.7 Å². The number of carbonyl (C=O) groups excluding carboxylic acids is 1. The third-order valence-electron chi connectivity index (χ3n) is 3.19. The molecule has 0 amide bonds. The van der Waals surface area contributed by atoms with Crippen molar-refractivity contribution in [2.24, 2.45) is 0 Å². The maximum absolute atomic E-state index is 11.8. The zero-order chi connectivity index (χ0) is 11.4. The normalized spacial score (nSPS) is 16.8. The zero-order valence-electron chi connectivity index (χ0n) is 9.78. The molecular weight excluding hydrogens is 202 g/mol. The van der Waals surface area contributed by atoms with Crippen molar-refractivity contribution in [3.63, 3.8) is 0 Å². The molecule has 1 saturated carbocycles. The molecule has 88 valence electrons. The van der Waals surface area contributed by atoms with E-state index in [4.69, 9.17) is 0 Å². The molecule has 1 aromatic heterocycles. The first kappa shape index (κ1) is 11.3. The van der Waals surface area contributed by atoms with Crippen LogP contribution in [0.3, 0.4) is 0 Å². The van der Waals surface area contributed by atoms with Crippen LogP contribution in [0.25, 0.3) is 0 Å². The van der Waals surface area contributed by atoms with Crippen LogP contribution in [0.15, 0.2) is 12.4 Å². The molecule has 1 N–H and O–H groups in total. The highest BCUT2D eigenvalue weighted by atomic mass is 16.1. The summed E-state index contributed by atoms with van der Waals surface area (Å²) in [4.78, 5) is 11.8. The quantitative estimate of drug-likeness (QED) is 0.768. The van der Waals surface area contributed by atoms with E-state index in [1.54, 1.807) is 10.9 Å². The number of carbonyl (C=O) groups is 1. The average molecular weight is 221 g/mol. The van der Waals surface area contributed by atoms with Crippen LogP contribution in [0.2, 0.25) is 0 Å². The number of aryl methyl sites for hydroxylation is 1. The first-order chi connectivity index (χ1) is 7.79. The van der Waals surface area contributed by atoms with Crippen LogP contribution in [-0.4, -0.2) is 28.2 Å². The molecule has 1 aromatic rings. The molecule has 0 saturated heterocycles. The second-order valence-corrected chi connectivity index (χ2v) is 4.37. The van der Waals surface area contributed by atoms with Crippen LogP contribution in [0, 0.1) is 0 Å². The lowest BCUT2D eigenvalue weighted by atomic mass is 10.2. The molecule has 2 rings (SSSR count). The molecule has 0 spiro atoms. The van der Waals surface area contributed by atoms with E-state index in [9.17, 15) is 4.79 Å². The Bertz CT molecular complexity index is 353. The monoisotopic (exact) mass is 221 g/mol. The molecule has 0 atom stereocenters. The predicted molar refractivity (Wildman–Crippen MR) is 62.5 cm³/mol.